The van der Waals surface area contributed by atoms with Gasteiger partial charge in [0.05, 0.1) is 62.7 Å². The van der Waals surface area contributed by atoms with Gasteiger partial charge in [0.25, 0.3) is 5.91 Å². The molecule has 5 rings (SSSR count). The minimum Gasteiger partial charge on any atom is -0.481 e. The Hall–Kier alpha value is -4.72. The SMILES string of the molecule is O=C(O)CC(NC(=O)CNC(=O)c1cc(NC2=NCC(F)CN2)c2cn[nH]c2c1)c1cccc(N2CCOCC2)c1. The van der Waals surface area contributed by atoms with Gasteiger partial charge in [0, 0.05) is 29.7 Å². The van der Waals surface area contributed by atoms with Crippen molar-refractivity contribution in [3.8, 4) is 0 Å². The molecule has 3 aromatic rings. The number of hydrogen-bond acceptors (Lipinski definition) is 9. The van der Waals surface area contributed by atoms with E-state index in [-0.39, 0.29) is 31.6 Å². The number of aliphatic imine (C=N–C) groups is 1. The number of nitrogens with one attached hydrogen (secondary N) is 5. The van der Waals surface area contributed by atoms with Gasteiger partial charge in [0.15, 0.2) is 5.96 Å². The van der Waals surface area contributed by atoms with Crippen molar-refractivity contribution in [1.29, 1.82) is 0 Å². The second-order valence-corrected chi connectivity index (χ2v) is 9.74. The van der Waals surface area contributed by atoms with E-state index >= 15 is 0 Å². The summed E-state index contributed by atoms with van der Waals surface area (Å²) in [7, 11) is 0. The number of hydrogen-bond donors (Lipinski definition) is 6. The summed E-state index contributed by atoms with van der Waals surface area (Å²) in [5.74, 6) is -1.75. The molecule has 2 aliphatic rings. The number of morpholine rings is 1. The molecule has 0 aliphatic carbocycles. The molecule has 1 fully saturated rings. The van der Waals surface area contributed by atoms with Crippen molar-refractivity contribution in [2.24, 2.45) is 4.99 Å². The molecule has 13 nitrogen and oxygen atoms in total. The number of carbonyl (C=O) groups excluding carboxylic acids is 2. The maximum Gasteiger partial charge on any atom is 0.305 e. The molecule has 0 spiro atoms. The van der Waals surface area contributed by atoms with Crippen molar-refractivity contribution in [3.63, 3.8) is 0 Å². The lowest BCUT2D eigenvalue weighted by Crippen LogP contribution is -2.41. The Morgan fingerprint density at radius 2 is 2.02 bits per heavy atom. The van der Waals surface area contributed by atoms with Gasteiger partial charge in [0.1, 0.15) is 6.17 Å². The van der Waals surface area contributed by atoms with Crippen LogP contribution < -0.4 is 26.2 Å². The molecule has 2 aliphatic heterocycles. The average Bonchev–Trinajstić information content (AvgIpc) is 3.46. The van der Waals surface area contributed by atoms with Crippen LogP contribution in [0.15, 0.2) is 47.6 Å². The molecule has 2 aromatic carbocycles. The van der Waals surface area contributed by atoms with Crippen LogP contribution >= 0.6 is 0 Å². The van der Waals surface area contributed by atoms with Gasteiger partial charge in [-0.2, -0.15) is 5.10 Å². The smallest absolute Gasteiger partial charge is 0.305 e. The summed E-state index contributed by atoms with van der Waals surface area (Å²) < 4.78 is 18.8. The number of fused-ring (bicyclic) bond motifs is 1. The van der Waals surface area contributed by atoms with Crippen LogP contribution in [0.5, 0.6) is 0 Å². The second kappa shape index (κ2) is 12.6. The number of alkyl halides is 1. The van der Waals surface area contributed by atoms with Crippen LogP contribution in [0, 0.1) is 0 Å². The second-order valence-electron chi connectivity index (χ2n) is 9.74. The number of halogens is 1. The number of ether oxygens (including phenoxy) is 1. The lowest BCUT2D eigenvalue weighted by atomic mass is 10.0. The highest BCUT2D eigenvalue weighted by Gasteiger charge is 2.21. The van der Waals surface area contributed by atoms with E-state index in [4.69, 9.17) is 4.74 Å². The molecule has 41 heavy (non-hydrogen) atoms. The van der Waals surface area contributed by atoms with Crippen LogP contribution in [0.2, 0.25) is 0 Å². The molecular formula is C27H31FN8O5. The highest BCUT2D eigenvalue weighted by Crippen LogP contribution is 2.25. The number of carboxylic acid groups (broad SMARTS) is 1. The number of aliphatic carboxylic acids is 1. The third-order valence-corrected chi connectivity index (χ3v) is 6.78. The first kappa shape index (κ1) is 27.8. The third kappa shape index (κ3) is 7.08. The van der Waals surface area contributed by atoms with Crippen molar-refractivity contribution in [3.05, 3.63) is 53.7 Å². The lowest BCUT2D eigenvalue weighted by Gasteiger charge is -2.29. The fourth-order valence-electron chi connectivity index (χ4n) is 4.71. The van der Waals surface area contributed by atoms with Gasteiger partial charge in [-0.3, -0.25) is 19.5 Å². The Labute approximate surface area is 234 Å². The van der Waals surface area contributed by atoms with E-state index in [0.29, 0.717) is 41.3 Å². The number of H-pyrrole nitrogens is 1. The minimum atomic E-state index is -1.07. The van der Waals surface area contributed by atoms with Crippen LogP contribution in [0.4, 0.5) is 15.8 Å². The molecule has 1 saturated heterocycles. The third-order valence-electron chi connectivity index (χ3n) is 6.78. The van der Waals surface area contributed by atoms with E-state index in [9.17, 15) is 23.9 Å². The molecule has 216 valence electrons. The van der Waals surface area contributed by atoms with Crippen molar-refractivity contribution in [1.82, 2.24) is 26.1 Å². The molecule has 0 saturated carbocycles. The fourth-order valence-corrected chi connectivity index (χ4v) is 4.71. The summed E-state index contributed by atoms with van der Waals surface area (Å²) in [6, 6.07) is 9.78. The van der Waals surface area contributed by atoms with Crippen LogP contribution in [0.25, 0.3) is 10.9 Å². The van der Waals surface area contributed by atoms with Crippen molar-refractivity contribution in [2.75, 3.05) is 56.2 Å². The largest absolute Gasteiger partial charge is 0.481 e. The van der Waals surface area contributed by atoms with Gasteiger partial charge in [-0.05, 0) is 29.8 Å². The Morgan fingerprint density at radius 1 is 1.20 bits per heavy atom. The van der Waals surface area contributed by atoms with Crippen molar-refractivity contribution >= 4 is 46.0 Å². The number of rotatable bonds is 9. The zero-order chi connectivity index (χ0) is 28.8. The number of carboxylic acids is 1. The first-order chi connectivity index (χ1) is 19.9. The maximum atomic E-state index is 13.4. The quantitative estimate of drug-likeness (QED) is 0.222. The summed E-state index contributed by atoms with van der Waals surface area (Å²) in [6.45, 7) is 2.43. The van der Waals surface area contributed by atoms with Crippen LogP contribution in [0.1, 0.15) is 28.4 Å². The predicted octanol–water partition coefficient (Wildman–Crippen LogP) is 1.17. The number of aromatic amines is 1. The monoisotopic (exact) mass is 566 g/mol. The summed E-state index contributed by atoms with van der Waals surface area (Å²) >= 11 is 0. The number of nitrogens with zero attached hydrogens (tertiary/aromatic N) is 3. The molecule has 1 aromatic heterocycles. The Kier molecular flexibility index (Phi) is 8.58. The van der Waals surface area contributed by atoms with E-state index in [2.05, 4.69) is 41.4 Å². The summed E-state index contributed by atoms with van der Waals surface area (Å²) in [5.41, 5.74) is 2.91. The molecule has 2 atom stereocenters. The number of carbonyl (C=O) groups is 3. The van der Waals surface area contributed by atoms with E-state index in [1.807, 2.05) is 18.2 Å². The van der Waals surface area contributed by atoms with Gasteiger partial charge >= 0.3 is 5.97 Å². The van der Waals surface area contributed by atoms with Gasteiger partial charge in [-0.25, -0.2) is 9.38 Å². The molecule has 6 N–H and O–H groups in total. The van der Waals surface area contributed by atoms with Crippen LogP contribution in [-0.4, -0.2) is 91.2 Å². The summed E-state index contributed by atoms with van der Waals surface area (Å²) in [6.07, 6.45) is 0.199. The Morgan fingerprint density at radius 3 is 2.78 bits per heavy atom. The van der Waals surface area contributed by atoms with Gasteiger partial charge in [-0.15, -0.1) is 0 Å². The summed E-state index contributed by atoms with van der Waals surface area (Å²) in [4.78, 5) is 43.7. The maximum absolute atomic E-state index is 13.4. The predicted molar refractivity (Wildman–Crippen MR) is 150 cm³/mol. The van der Waals surface area contributed by atoms with Gasteiger partial charge in [0.2, 0.25) is 5.91 Å². The first-order valence-electron chi connectivity index (χ1n) is 13.2. The van der Waals surface area contributed by atoms with E-state index in [1.54, 1.807) is 24.4 Å². The molecule has 3 heterocycles. The molecule has 2 amide bonds. The normalized spacial score (nSPS) is 17.7. The molecule has 2 unspecified atom stereocenters. The van der Waals surface area contributed by atoms with Crippen LogP contribution in [0.3, 0.4) is 0 Å². The Balaban J connectivity index is 1.24. The van der Waals surface area contributed by atoms with Crippen molar-refractivity contribution < 1.29 is 28.6 Å². The van der Waals surface area contributed by atoms with Gasteiger partial charge < -0.3 is 36.0 Å². The summed E-state index contributed by atoms with van der Waals surface area (Å²) in [5, 5.41) is 28.3. The van der Waals surface area contributed by atoms with E-state index < -0.39 is 30.0 Å². The molecule has 0 radical (unpaired) electrons. The highest BCUT2D eigenvalue weighted by molar-refractivity contribution is 6.07. The molecule has 14 heteroatoms. The lowest BCUT2D eigenvalue weighted by molar-refractivity contribution is -0.137. The zero-order valence-corrected chi connectivity index (χ0v) is 22.2. The van der Waals surface area contributed by atoms with Crippen LogP contribution in [-0.2, 0) is 14.3 Å². The fraction of sp³-hybridized carbons (Fsp3) is 0.370. The van der Waals surface area contributed by atoms with E-state index in [1.165, 1.54) is 0 Å². The topological polar surface area (TPSA) is 173 Å². The number of guanidine groups is 1. The standard InChI is InChI=1S/C27H31FN8O5/c28-18-12-30-27(31-13-18)34-22-9-17(10-23-20(22)14-32-35-23)26(40)29-15-24(37)33-21(11-25(38)39)16-2-1-3-19(8-16)36-4-6-41-7-5-36/h1-3,8-10,14,18,21H,4-7,11-13,15H2,(H,29,40)(H,32,35)(H,33,37)(H,38,39)(H2,30,31,34). The number of aromatic nitrogens is 2. The number of benzene rings is 2. The highest BCUT2D eigenvalue weighted by atomic mass is 19.1. The minimum absolute atomic E-state index is 0.0273. The van der Waals surface area contributed by atoms with Crippen molar-refractivity contribution in [2.45, 2.75) is 18.6 Å². The van der Waals surface area contributed by atoms with Gasteiger partial charge in [-0.1, -0.05) is 12.1 Å². The Bertz CT molecular complexity index is 1450. The number of amides is 2. The van der Waals surface area contributed by atoms with E-state index in [0.717, 1.165) is 18.8 Å². The average molecular weight is 567 g/mol. The number of anilines is 2. The molecular weight excluding hydrogens is 535 g/mol. The molecule has 0 bridgehead atoms. The first-order valence-corrected chi connectivity index (χ1v) is 13.2. The zero-order valence-electron chi connectivity index (χ0n) is 22.2.